The van der Waals surface area contributed by atoms with E-state index in [2.05, 4.69) is 66.7 Å². The van der Waals surface area contributed by atoms with Crippen LogP contribution in [0.2, 0.25) is 0 Å². The van der Waals surface area contributed by atoms with E-state index >= 15 is 0 Å². The van der Waals surface area contributed by atoms with E-state index in [0.717, 1.165) is 134 Å². The van der Waals surface area contributed by atoms with Crippen molar-refractivity contribution in [3.05, 3.63) is 146 Å². The molecule has 0 saturated carbocycles. The van der Waals surface area contributed by atoms with E-state index in [0.29, 0.717) is 49.3 Å². The molecule has 3 aromatic carbocycles. The summed E-state index contributed by atoms with van der Waals surface area (Å²) in [4.78, 5) is 19.8. The van der Waals surface area contributed by atoms with Crippen molar-refractivity contribution in [2.45, 2.75) is 77.0 Å². The largest absolute Gasteiger partial charge is 0.494 e. The predicted molar refractivity (Wildman–Crippen MR) is 249 cm³/mol. The van der Waals surface area contributed by atoms with Gasteiger partial charge in [-0.25, -0.2) is 9.97 Å². The smallest absolute Gasteiger partial charge is 0.158 e. The zero-order chi connectivity index (χ0) is 42.0. The van der Waals surface area contributed by atoms with Crippen LogP contribution in [0, 0.1) is 0 Å². The Balaban J connectivity index is 0.999. The molecule has 0 unspecified atom stereocenters. The average Bonchev–Trinajstić information content (AvgIpc) is 3.33. The molecule has 4 aromatic heterocycles. The summed E-state index contributed by atoms with van der Waals surface area (Å²) in [6.45, 7) is 2.50. The highest BCUT2D eigenvalue weighted by atomic mass is 16.5. The van der Waals surface area contributed by atoms with Gasteiger partial charge >= 0.3 is 0 Å². The fourth-order valence-corrected chi connectivity index (χ4v) is 7.81. The predicted octanol–water partition coefficient (Wildman–Crippen LogP) is 13.5. The van der Waals surface area contributed by atoms with Crippen molar-refractivity contribution in [1.82, 2.24) is 19.9 Å². The second-order valence-electron chi connectivity index (χ2n) is 15.7. The first kappa shape index (κ1) is 42.2. The van der Waals surface area contributed by atoms with Crippen LogP contribution in [-0.4, -0.2) is 46.4 Å². The minimum atomic E-state index is 0.555. The first-order valence-electron chi connectivity index (χ1n) is 22.5. The third kappa shape index (κ3) is 11.4. The van der Waals surface area contributed by atoms with Crippen molar-refractivity contribution in [3.8, 4) is 79.4 Å². The number of benzene rings is 3. The number of ether oxygens (including phenoxy) is 4. The van der Waals surface area contributed by atoms with E-state index in [1.165, 1.54) is 0 Å². The van der Waals surface area contributed by atoms with Crippen LogP contribution >= 0.6 is 0 Å². The first-order chi connectivity index (χ1) is 30.8. The molecule has 0 saturated heterocycles. The molecule has 316 valence electrons. The van der Waals surface area contributed by atoms with Crippen LogP contribution in [0.15, 0.2) is 146 Å². The SMILES string of the molecule is c1ccc(-c2c3c(-c4ccccn4)nc(-c4ccccn4)c2OCCCCCCCCOc2ccc(cc2)-c2cccc(n2)-c2ccc(cc2)OCCCCCCCCO3)cc1. The Labute approximate surface area is 366 Å². The minimum absolute atomic E-state index is 0.555. The van der Waals surface area contributed by atoms with Crippen LogP contribution in [0.3, 0.4) is 0 Å². The highest BCUT2D eigenvalue weighted by Gasteiger charge is 2.26. The molecular weight excluding hydrogens is 769 g/mol. The van der Waals surface area contributed by atoms with Gasteiger partial charge in [-0.15, -0.1) is 0 Å². The molecule has 8 bridgehead atoms. The standard InChI is InChI=1S/C54H56N4O4/c1-3-7-18-39-61-53-50(43-21-10-9-11-22-43)54(52(49-24-13-15-36-56-49)58-51(53)48-23-12-14-35-55-48)62-40-19-8-4-2-6-17-38-60-45-33-29-42(30-34-45)47-26-20-25-46(57-47)41-27-31-44(32-28-41)59-37-16-5-1/h9-15,20-36H,1-8,16-19,37-40H2. The van der Waals surface area contributed by atoms with E-state index in [1.54, 1.807) is 12.4 Å². The second kappa shape index (κ2) is 22.3. The van der Waals surface area contributed by atoms with Crippen LogP contribution < -0.4 is 18.9 Å². The fraction of sp³-hybridized carbons (Fsp3) is 0.296. The Kier molecular flexibility index (Phi) is 15.2. The maximum atomic E-state index is 6.82. The number of hydrogen-bond acceptors (Lipinski definition) is 8. The topological polar surface area (TPSA) is 88.5 Å². The van der Waals surface area contributed by atoms with Gasteiger partial charge in [-0.2, -0.15) is 0 Å². The molecule has 0 N–H and O–H groups in total. The third-order valence-corrected chi connectivity index (χ3v) is 11.1. The van der Waals surface area contributed by atoms with E-state index in [1.807, 2.05) is 66.7 Å². The van der Waals surface area contributed by atoms with E-state index < -0.39 is 0 Å². The van der Waals surface area contributed by atoms with Crippen molar-refractivity contribution in [1.29, 1.82) is 0 Å². The van der Waals surface area contributed by atoms with Gasteiger partial charge in [0, 0.05) is 23.5 Å². The number of rotatable bonds is 3. The Hall–Kier alpha value is -6.54. The zero-order valence-corrected chi connectivity index (χ0v) is 35.6. The molecule has 0 atom stereocenters. The number of aromatic nitrogens is 4. The second-order valence-corrected chi connectivity index (χ2v) is 15.7. The van der Waals surface area contributed by atoms with Gasteiger partial charge in [0.1, 0.15) is 22.9 Å². The van der Waals surface area contributed by atoms with Gasteiger partial charge in [0.05, 0.1) is 54.8 Å². The lowest BCUT2D eigenvalue weighted by atomic mass is 9.99. The highest BCUT2D eigenvalue weighted by Crippen LogP contribution is 2.48. The van der Waals surface area contributed by atoms with Crippen molar-refractivity contribution in [2.75, 3.05) is 26.4 Å². The summed E-state index contributed by atoms with van der Waals surface area (Å²) >= 11 is 0. The molecule has 0 spiro atoms. The lowest BCUT2D eigenvalue weighted by Crippen LogP contribution is -2.08. The van der Waals surface area contributed by atoms with Crippen molar-refractivity contribution in [2.24, 2.45) is 0 Å². The molecule has 7 heterocycles. The first-order valence-corrected chi connectivity index (χ1v) is 22.5. The molecule has 0 aliphatic carbocycles. The summed E-state index contributed by atoms with van der Waals surface area (Å²) in [7, 11) is 0. The minimum Gasteiger partial charge on any atom is -0.494 e. The van der Waals surface area contributed by atoms with Gasteiger partial charge in [-0.05, 0) is 116 Å². The van der Waals surface area contributed by atoms with Gasteiger partial charge in [-0.3, -0.25) is 9.97 Å². The molecule has 8 heteroatoms. The van der Waals surface area contributed by atoms with E-state index in [-0.39, 0.29) is 0 Å². The monoisotopic (exact) mass is 824 g/mol. The van der Waals surface area contributed by atoms with Crippen molar-refractivity contribution >= 4 is 0 Å². The number of pyridine rings is 4. The number of hydrogen-bond donors (Lipinski definition) is 0. The highest BCUT2D eigenvalue weighted by molar-refractivity contribution is 5.89. The molecule has 0 radical (unpaired) electrons. The maximum Gasteiger partial charge on any atom is 0.158 e. The summed E-state index contributed by atoms with van der Waals surface area (Å²) in [5.41, 5.74) is 8.74. The summed E-state index contributed by atoms with van der Waals surface area (Å²) < 4.78 is 25.9. The Morgan fingerprint density at radius 3 is 1.15 bits per heavy atom. The van der Waals surface area contributed by atoms with E-state index in [9.17, 15) is 0 Å². The number of fused-ring (bicyclic) bond motifs is 2. The van der Waals surface area contributed by atoms with Crippen LogP contribution in [0.1, 0.15) is 77.0 Å². The molecule has 3 aliphatic rings. The quantitative estimate of drug-likeness (QED) is 0.174. The zero-order valence-electron chi connectivity index (χ0n) is 35.6. The lowest BCUT2D eigenvalue weighted by Gasteiger charge is -2.22. The van der Waals surface area contributed by atoms with E-state index in [4.69, 9.17) is 38.9 Å². The van der Waals surface area contributed by atoms with Gasteiger partial charge in [0.15, 0.2) is 11.5 Å². The summed E-state index contributed by atoms with van der Waals surface area (Å²) in [5, 5.41) is 0. The maximum absolute atomic E-state index is 6.82. The Morgan fingerprint density at radius 1 is 0.306 bits per heavy atom. The van der Waals surface area contributed by atoms with Gasteiger partial charge in [0.25, 0.3) is 0 Å². The lowest BCUT2D eigenvalue weighted by molar-refractivity contribution is 0.288. The summed E-state index contributed by atoms with van der Waals surface area (Å²) in [5.74, 6) is 3.14. The normalized spacial score (nSPS) is 14.9. The van der Waals surface area contributed by atoms with Crippen molar-refractivity contribution in [3.63, 3.8) is 0 Å². The fourth-order valence-electron chi connectivity index (χ4n) is 7.81. The molecular formula is C54H56N4O4. The molecule has 3 aliphatic heterocycles. The Bertz CT molecular complexity index is 2270. The van der Waals surface area contributed by atoms with Crippen LogP contribution in [-0.2, 0) is 0 Å². The van der Waals surface area contributed by atoms with Gasteiger partial charge < -0.3 is 18.9 Å². The van der Waals surface area contributed by atoms with Crippen molar-refractivity contribution < 1.29 is 18.9 Å². The number of nitrogens with zero attached hydrogens (tertiary/aromatic N) is 4. The molecule has 10 rings (SSSR count). The molecule has 62 heavy (non-hydrogen) atoms. The molecule has 7 aromatic rings. The molecule has 8 nitrogen and oxygen atoms in total. The third-order valence-electron chi connectivity index (χ3n) is 11.1. The molecule has 0 amide bonds. The van der Waals surface area contributed by atoms with Crippen LogP contribution in [0.25, 0.3) is 56.4 Å². The van der Waals surface area contributed by atoms with Gasteiger partial charge in [0.2, 0.25) is 0 Å². The average molecular weight is 825 g/mol. The Morgan fingerprint density at radius 2 is 0.710 bits per heavy atom. The summed E-state index contributed by atoms with van der Waals surface area (Å²) in [6.07, 6.45) is 16.4. The van der Waals surface area contributed by atoms with Gasteiger partial charge in [-0.1, -0.05) is 99.9 Å². The van der Waals surface area contributed by atoms with Crippen LogP contribution in [0.4, 0.5) is 0 Å². The molecule has 0 fully saturated rings. The summed E-state index contributed by atoms with van der Waals surface area (Å²) in [6, 6.07) is 44.9. The van der Waals surface area contributed by atoms with Crippen LogP contribution in [0.5, 0.6) is 23.0 Å².